The minimum Gasteiger partial charge on any atom is -0.329 e. The smallest absolute Gasteiger partial charge is 0.303 e. The fraction of sp³-hybridized carbons (Fsp3) is 0.500. The van der Waals surface area contributed by atoms with E-state index in [0.717, 1.165) is 24.8 Å². The molecule has 0 aliphatic carbocycles. The number of hydrogen-bond acceptors (Lipinski definition) is 1. The van der Waals surface area contributed by atoms with Crippen LogP contribution in [-0.2, 0) is 4.79 Å². The number of nitrogens with zero attached hydrogens (tertiary/aromatic N) is 2. The van der Waals surface area contributed by atoms with Gasteiger partial charge >= 0.3 is 5.91 Å². The van der Waals surface area contributed by atoms with Crippen molar-refractivity contribution in [3.8, 4) is 0 Å². The molecule has 0 aromatic heterocycles. The highest BCUT2D eigenvalue weighted by Gasteiger charge is 2.25. The van der Waals surface area contributed by atoms with Gasteiger partial charge in [0.05, 0.1) is 6.04 Å². The first-order valence-corrected chi connectivity index (χ1v) is 6.92. The van der Waals surface area contributed by atoms with E-state index >= 15 is 0 Å². The van der Waals surface area contributed by atoms with Crippen molar-refractivity contribution >= 4 is 5.91 Å². The van der Waals surface area contributed by atoms with E-state index in [1.807, 2.05) is 23.1 Å². The van der Waals surface area contributed by atoms with Crippen molar-refractivity contribution in [3.63, 3.8) is 0 Å². The average molecular weight is 258 g/mol. The number of hydrogen-bond donors (Lipinski definition) is 0. The Labute approximate surface area is 116 Å². The minimum absolute atomic E-state index is 0.0486. The Morgan fingerprint density at radius 3 is 2.47 bits per heavy atom. The van der Waals surface area contributed by atoms with Crippen LogP contribution in [0.15, 0.2) is 30.3 Å². The average Bonchev–Trinajstić information content (AvgIpc) is 2.44. The maximum absolute atomic E-state index is 12.1. The van der Waals surface area contributed by atoms with Gasteiger partial charge in [0.25, 0.3) is 6.54 Å². The van der Waals surface area contributed by atoms with Crippen molar-refractivity contribution in [2.24, 2.45) is 0 Å². The molecule has 0 aliphatic heterocycles. The van der Waals surface area contributed by atoms with Gasteiger partial charge in [-0.15, -0.1) is 0 Å². The molecule has 1 atom stereocenters. The van der Waals surface area contributed by atoms with Crippen LogP contribution in [0.1, 0.15) is 44.7 Å². The number of benzene rings is 1. The Balaban J connectivity index is 2.99. The molecule has 0 saturated carbocycles. The normalized spacial score (nSPS) is 11.6. The lowest BCUT2D eigenvalue weighted by Gasteiger charge is -2.30. The zero-order valence-corrected chi connectivity index (χ0v) is 11.8. The molecule has 3 heteroatoms. The summed E-state index contributed by atoms with van der Waals surface area (Å²) in [5.41, 5.74) is 1.16. The highest BCUT2D eigenvalue weighted by molar-refractivity contribution is 5.80. The van der Waals surface area contributed by atoms with Gasteiger partial charge in [-0.2, -0.15) is 0 Å². The number of carbonyl (C=O) groups excluding carboxylic acids is 1. The zero-order valence-electron chi connectivity index (χ0n) is 11.8. The minimum atomic E-state index is -0.0563. The van der Waals surface area contributed by atoms with E-state index < -0.39 is 0 Å². The molecule has 1 aromatic carbocycles. The second-order valence-electron chi connectivity index (χ2n) is 4.62. The summed E-state index contributed by atoms with van der Waals surface area (Å²) < 4.78 is 0. The summed E-state index contributed by atoms with van der Waals surface area (Å²) in [5.74, 6) is -0.0563. The molecule has 1 amide bonds. The van der Waals surface area contributed by atoms with Crippen molar-refractivity contribution < 1.29 is 4.79 Å². The van der Waals surface area contributed by atoms with Crippen molar-refractivity contribution in [2.75, 3.05) is 13.1 Å². The van der Waals surface area contributed by atoms with Crippen molar-refractivity contribution in [2.45, 2.75) is 39.2 Å². The van der Waals surface area contributed by atoms with E-state index in [9.17, 15) is 4.79 Å². The summed E-state index contributed by atoms with van der Waals surface area (Å²) in [7, 11) is 0. The molecule has 0 unspecified atom stereocenters. The molecule has 19 heavy (non-hydrogen) atoms. The van der Waals surface area contributed by atoms with E-state index in [0.29, 0.717) is 6.54 Å². The molecule has 0 radical (unpaired) electrons. The number of carbonyl (C=O) groups is 1. The van der Waals surface area contributed by atoms with Gasteiger partial charge in [-0.1, -0.05) is 50.6 Å². The first kappa shape index (κ1) is 15.2. The van der Waals surface area contributed by atoms with Crippen molar-refractivity contribution in [1.29, 1.82) is 0 Å². The van der Waals surface area contributed by atoms with Crippen LogP contribution in [0.4, 0.5) is 0 Å². The maximum Gasteiger partial charge on any atom is 0.303 e. The molecule has 0 aliphatic rings. The molecule has 0 spiro atoms. The van der Waals surface area contributed by atoms with E-state index in [1.165, 1.54) is 0 Å². The van der Waals surface area contributed by atoms with E-state index in [1.54, 1.807) is 0 Å². The molecule has 0 N–H and O–H groups in total. The Hall–Kier alpha value is -1.82. The zero-order chi connectivity index (χ0) is 14.1. The molecule has 102 valence electrons. The SMILES string of the molecule is [C-]#[N+]CC(=O)N(CCC)[C@@H](CCC)c1ccccc1. The lowest BCUT2D eigenvalue weighted by atomic mass is 10.00. The van der Waals surface area contributed by atoms with Gasteiger partial charge in [-0.05, 0) is 18.4 Å². The molecule has 0 fully saturated rings. The Morgan fingerprint density at radius 1 is 1.26 bits per heavy atom. The summed E-state index contributed by atoms with van der Waals surface area (Å²) in [6.07, 6.45) is 2.87. The fourth-order valence-electron chi connectivity index (χ4n) is 2.30. The van der Waals surface area contributed by atoms with Crippen LogP contribution in [0.5, 0.6) is 0 Å². The lowest BCUT2D eigenvalue weighted by molar-refractivity contribution is -0.131. The van der Waals surface area contributed by atoms with Gasteiger partial charge in [0.15, 0.2) is 0 Å². The van der Waals surface area contributed by atoms with Crippen LogP contribution in [-0.4, -0.2) is 23.9 Å². The summed E-state index contributed by atoms with van der Waals surface area (Å²) in [5, 5.41) is 0. The third-order valence-corrected chi connectivity index (χ3v) is 3.12. The standard InChI is InChI=1S/C16H22N2O/c1-4-9-15(14-10-7-6-8-11-14)18(12-5-2)16(19)13-17-3/h6-8,10-11,15H,4-5,9,12-13H2,1-2H3/t15-/m0/s1. The monoisotopic (exact) mass is 258 g/mol. The Kier molecular flexibility index (Phi) is 6.67. The van der Waals surface area contributed by atoms with Gasteiger partial charge in [0.1, 0.15) is 0 Å². The van der Waals surface area contributed by atoms with Crippen molar-refractivity contribution in [3.05, 3.63) is 47.3 Å². The Morgan fingerprint density at radius 2 is 1.95 bits per heavy atom. The second-order valence-corrected chi connectivity index (χ2v) is 4.62. The predicted molar refractivity (Wildman–Crippen MR) is 77.6 cm³/mol. The first-order chi connectivity index (χ1) is 9.24. The molecular formula is C16H22N2O. The topological polar surface area (TPSA) is 24.7 Å². The molecule has 0 heterocycles. The molecule has 0 bridgehead atoms. The number of rotatable bonds is 7. The highest BCUT2D eigenvalue weighted by Crippen LogP contribution is 2.26. The van der Waals surface area contributed by atoms with E-state index in [4.69, 9.17) is 6.57 Å². The van der Waals surface area contributed by atoms with Crippen LogP contribution in [0.2, 0.25) is 0 Å². The van der Waals surface area contributed by atoms with Gasteiger partial charge in [0.2, 0.25) is 0 Å². The molecule has 1 aromatic rings. The third kappa shape index (κ3) is 4.40. The third-order valence-electron chi connectivity index (χ3n) is 3.12. The van der Waals surface area contributed by atoms with Crippen LogP contribution in [0.3, 0.4) is 0 Å². The summed E-state index contributed by atoms with van der Waals surface area (Å²) >= 11 is 0. The predicted octanol–water partition coefficient (Wildman–Crippen LogP) is 3.69. The number of amides is 1. The molecular weight excluding hydrogens is 236 g/mol. The molecule has 3 nitrogen and oxygen atoms in total. The largest absolute Gasteiger partial charge is 0.329 e. The fourth-order valence-corrected chi connectivity index (χ4v) is 2.30. The quantitative estimate of drug-likeness (QED) is 0.685. The van der Waals surface area contributed by atoms with Crippen LogP contribution in [0, 0.1) is 6.57 Å². The van der Waals surface area contributed by atoms with Crippen LogP contribution >= 0.6 is 0 Å². The van der Waals surface area contributed by atoms with Gasteiger partial charge in [-0.25, -0.2) is 6.57 Å². The maximum atomic E-state index is 12.1. The van der Waals surface area contributed by atoms with Gasteiger partial charge in [-0.3, -0.25) is 4.79 Å². The molecule has 1 rings (SSSR count). The highest BCUT2D eigenvalue weighted by atomic mass is 16.2. The Bertz CT molecular complexity index is 422. The van der Waals surface area contributed by atoms with Gasteiger partial charge < -0.3 is 9.74 Å². The van der Waals surface area contributed by atoms with Crippen LogP contribution in [0.25, 0.3) is 4.85 Å². The summed E-state index contributed by atoms with van der Waals surface area (Å²) in [6, 6.07) is 10.2. The van der Waals surface area contributed by atoms with E-state index in [2.05, 4.69) is 30.8 Å². The van der Waals surface area contributed by atoms with Crippen molar-refractivity contribution in [1.82, 2.24) is 4.90 Å². The summed E-state index contributed by atoms with van der Waals surface area (Å²) in [6.45, 7) is 11.7. The lowest BCUT2D eigenvalue weighted by Crippen LogP contribution is -2.36. The second kappa shape index (κ2) is 8.31. The van der Waals surface area contributed by atoms with E-state index in [-0.39, 0.29) is 18.5 Å². The van der Waals surface area contributed by atoms with Crippen LogP contribution < -0.4 is 0 Å². The van der Waals surface area contributed by atoms with Gasteiger partial charge in [0, 0.05) is 6.54 Å². The summed E-state index contributed by atoms with van der Waals surface area (Å²) in [4.78, 5) is 17.2. The first-order valence-electron chi connectivity index (χ1n) is 6.92. The molecule has 0 saturated heterocycles.